The summed E-state index contributed by atoms with van der Waals surface area (Å²) in [7, 11) is 0. The summed E-state index contributed by atoms with van der Waals surface area (Å²) in [5.74, 6) is -2.08. The highest BCUT2D eigenvalue weighted by atomic mass is 16.6. The summed E-state index contributed by atoms with van der Waals surface area (Å²) < 4.78 is 18.4. The number of aliphatic hydroxyl groups is 1. The molecule has 1 aliphatic rings. The Morgan fingerprint density at radius 2 is 1.90 bits per heavy atom. The maximum atomic E-state index is 12.8. The van der Waals surface area contributed by atoms with Crippen LogP contribution in [-0.4, -0.2) is 68.5 Å². The van der Waals surface area contributed by atoms with Crippen molar-refractivity contribution in [2.45, 2.75) is 64.1 Å². The molecule has 13 heteroatoms. The van der Waals surface area contributed by atoms with Crippen molar-refractivity contribution < 1.29 is 33.7 Å². The molecule has 1 aliphatic heterocycles. The molecule has 5 atom stereocenters. The predicted molar refractivity (Wildman–Crippen MR) is 148 cm³/mol. The Hall–Kier alpha value is -4.38. The number of anilines is 1. The fraction of sp³-hybridized carbons (Fsp3) is 0.448. The van der Waals surface area contributed by atoms with Gasteiger partial charge in [0.25, 0.3) is 0 Å². The Bertz CT molecular complexity index is 1480. The van der Waals surface area contributed by atoms with Crippen molar-refractivity contribution in [1.29, 1.82) is 5.26 Å². The minimum atomic E-state index is -2.11. The van der Waals surface area contributed by atoms with Gasteiger partial charge in [-0.1, -0.05) is 58.0 Å². The van der Waals surface area contributed by atoms with Gasteiger partial charge in [-0.3, -0.25) is 14.4 Å². The van der Waals surface area contributed by atoms with Gasteiger partial charge in [-0.15, -0.1) is 0 Å². The zero-order valence-corrected chi connectivity index (χ0v) is 23.8. The van der Waals surface area contributed by atoms with E-state index in [9.17, 15) is 24.8 Å². The lowest BCUT2D eigenvalue weighted by atomic mass is 9.92. The van der Waals surface area contributed by atoms with E-state index in [4.69, 9.17) is 19.9 Å². The monoisotopic (exact) mass is 578 g/mol. The highest BCUT2D eigenvalue weighted by Crippen LogP contribution is 2.42. The molecule has 0 spiro atoms. The van der Waals surface area contributed by atoms with E-state index in [0.717, 1.165) is 5.56 Å². The number of aliphatic hydroxyl groups excluding tert-OH is 1. The molecule has 222 valence electrons. The standard InChI is InChI=1S/C29H34N6O7/c1-16(2)23(31)28(39)41-24-20(13-40-22(36)12-18-8-6-5-7-9-18)42-29(14-30,25(24)37)21-11-10-19-26(32-15-33-35(19)21)34-27(38)17(3)4/h5-11,15-17,20,23-25,37H,12-13,31H2,1-4H3,(H,32,33,34,38)/t20-,23+,24-,25-,29+/m1/s1. The number of benzene rings is 1. The second kappa shape index (κ2) is 12.6. The summed E-state index contributed by atoms with van der Waals surface area (Å²) in [5.41, 5.74) is 5.02. The minimum Gasteiger partial charge on any atom is -0.463 e. The van der Waals surface area contributed by atoms with Crippen LogP contribution >= 0.6 is 0 Å². The molecule has 0 bridgehead atoms. The largest absolute Gasteiger partial charge is 0.463 e. The van der Waals surface area contributed by atoms with Crippen LogP contribution in [0.15, 0.2) is 48.8 Å². The van der Waals surface area contributed by atoms with E-state index >= 15 is 0 Å². The van der Waals surface area contributed by atoms with Crippen LogP contribution in [0.3, 0.4) is 0 Å². The molecular weight excluding hydrogens is 544 g/mol. The lowest BCUT2D eigenvalue weighted by Gasteiger charge is -2.25. The van der Waals surface area contributed by atoms with E-state index in [-0.39, 0.29) is 35.7 Å². The SMILES string of the molecule is CC(C)C(=O)Nc1ncnn2c([C@]3(C#N)O[C@H](COC(=O)Cc4ccccc4)[C@@H](OC(=O)[C@@H](N)C(C)C)[C@H]3O)ccc12. The summed E-state index contributed by atoms with van der Waals surface area (Å²) in [5, 5.41) is 28.9. The Balaban J connectivity index is 1.66. The number of carbonyl (C=O) groups is 3. The number of esters is 2. The number of nitrogens with one attached hydrogen (secondary N) is 1. The highest BCUT2D eigenvalue weighted by Gasteiger charge is 2.60. The zero-order chi connectivity index (χ0) is 30.6. The Labute approximate surface area is 242 Å². The van der Waals surface area contributed by atoms with Crippen LogP contribution in [0.4, 0.5) is 5.82 Å². The number of nitriles is 1. The van der Waals surface area contributed by atoms with Crippen molar-refractivity contribution in [3.8, 4) is 6.07 Å². The molecule has 3 aromatic rings. The average molecular weight is 579 g/mol. The zero-order valence-electron chi connectivity index (χ0n) is 23.8. The maximum absolute atomic E-state index is 12.8. The fourth-order valence-corrected chi connectivity index (χ4v) is 4.49. The van der Waals surface area contributed by atoms with E-state index in [1.54, 1.807) is 58.0 Å². The number of carbonyl (C=O) groups excluding carboxylic acids is 3. The van der Waals surface area contributed by atoms with Gasteiger partial charge in [0, 0.05) is 5.92 Å². The van der Waals surface area contributed by atoms with Crippen LogP contribution in [-0.2, 0) is 40.6 Å². The van der Waals surface area contributed by atoms with Gasteiger partial charge in [0.05, 0.1) is 12.1 Å². The normalized spacial score (nSPS) is 22.6. The van der Waals surface area contributed by atoms with Gasteiger partial charge >= 0.3 is 11.9 Å². The molecule has 4 N–H and O–H groups in total. The minimum absolute atomic E-state index is 0.0205. The van der Waals surface area contributed by atoms with Crippen molar-refractivity contribution >= 4 is 29.2 Å². The van der Waals surface area contributed by atoms with Gasteiger partial charge in [0.15, 0.2) is 11.9 Å². The Morgan fingerprint density at radius 3 is 2.55 bits per heavy atom. The van der Waals surface area contributed by atoms with Crippen LogP contribution in [0.1, 0.15) is 39.0 Å². The second-order valence-corrected chi connectivity index (χ2v) is 10.7. The Morgan fingerprint density at radius 1 is 1.19 bits per heavy atom. The van der Waals surface area contributed by atoms with E-state index in [1.807, 2.05) is 12.1 Å². The average Bonchev–Trinajstić information content (AvgIpc) is 3.52. The highest BCUT2D eigenvalue weighted by molar-refractivity contribution is 5.94. The molecule has 2 aromatic heterocycles. The summed E-state index contributed by atoms with van der Waals surface area (Å²) in [6.45, 7) is 6.50. The van der Waals surface area contributed by atoms with Crippen LogP contribution in [0.5, 0.6) is 0 Å². The Kier molecular flexibility index (Phi) is 9.20. The lowest BCUT2D eigenvalue weighted by Crippen LogP contribution is -2.46. The number of aromatic nitrogens is 3. The molecule has 13 nitrogen and oxygen atoms in total. The van der Waals surface area contributed by atoms with Gasteiger partial charge in [0.1, 0.15) is 42.8 Å². The molecule has 0 saturated carbocycles. The molecule has 0 unspecified atom stereocenters. The topological polar surface area (TPSA) is 191 Å². The molecule has 1 amide bonds. The molecule has 1 aromatic carbocycles. The third-order valence-electron chi connectivity index (χ3n) is 7.04. The lowest BCUT2D eigenvalue weighted by molar-refractivity contribution is -0.162. The first-order valence-corrected chi connectivity index (χ1v) is 13.5. The quantitative estimate of drug-likeness (QED) is 0.295. The molecule has 3 heterocycles. The van der Waals surface area contributed by atoms with Crippen molar-refractivity contribution in [2.75, 3.05) is 11.9 Å². The summed E-state index contributed by atoms with van der Waals surface area (Å²) in [6.07, 6.45) is -3.21. The van der Waals surface area contributed by atoms with Gasteiger partial charge in [-0.05, 0) is 23.6 Å². The molecular formula is C29H34N6O7. The van der Waals surface area contributed by atoms with Crippen LogP contribution in [0.2, 0.25) is 0 Å². The summed E-state index contributed by atoms with van der Waals surface area (Å²) in [4.78, 5) is 41.9. The van der Waals surface area contributed by atoms with E-state index < -0.39 is 48.5 Å². The first kappa shape index (κ1) is 30.6. The fourth-order valence-electron chi connectivity index (χ4n) is 4.49. The number of nitrogens with zero attached hydrogens (tertiary/aromatic N) is 4. The van der Waals surface area contributed by atoms with Gasteiger partial charge in [0.2, 0.25) is 11.5 Å². The molecule has 0 radical (unpaired) electrons. The number of fused-ring (bicyclic) bond motifs is 1. The second-order valence-electron chi connectivity index (χ2n) is 10.7. The van der Waals surface area contributed by atoms with Crippen molar-refractivity contribution in [1.82, 2.24) is 14.6 Å². The predicted octanol–water partition coefficient (Wildman–Crippen LogP) is 1.48. The van der Waals surface area contributed by atoms with E-state index in [1.165, 1.54) is 16.9 Å². The summed E-state index contributed by atoms with van der Waals surface area (Å²) >= 11 is 0. The van der Waals surface area contributed by atoms with Crippen molar-refractivity contribution in [3.63, 3.8) is 0 Å². The number of hydrogen-bond donors (Lipinski definition) is 3. The molecule has 4 rings (SSSR count). The maximum Gasteiger partial charge on any atom is 0.323 e. The molecule has 0 aliphatic carbocycles. The van der Waals surface area contributed by atoms with E-state index in [2.05, 4.69) is 15.4 Å². The summed E-state index contributed by atoms with van der Waals surface area (Å²) in [6, 6.07) is 13.0. The van der Waals surface area contributed by atoms with Gasteiger partial charge in [-0.25, -0.2) is 9.50 Å². The number of rotatable bonds is 10. The van der Waals surface area contributed by atoms with Crippen LogP contribution in [0.25, 0.3) is 5.52 Å². The first-order chi connectivity index (χ1) is 20.0. The number of nitrogens with two attached hydrogens (primary N) is 1. The number of ether oxygens (including phenoxy) is 3. The van der Waals surface area contributed by atoms with Gasteiger partial charge in [-0.2, -0.15) is 10.4 Å². The van der Waals surface area contributed by atoms with E-state index in [0.29, 0.717) is 5.52 Å². The third kappa shape index (κ3) is 6.11. The molecule has 42 heavy (non-hydrogen) atoms. The van der Waals surface area contributed by atoms with Crippen molar-refractivity contribution in [2.24, 2.45) is 17.6 Å². The smallest absolute Gasteiger partial charge is 0.323 e. The molecule has 1 saturated heterocycles. The first-order valence-electron chi connectivity index (χ1n) is 13.5. The third-order valence-corrected chi connectivity index (χ3v) is 7.04. The van der Waals surface area contributed by atoms with Crippen LogP contribution < -0.4 is 11.1 Å². The van der Waals surface area contributed by atoms with Crippen molar-refractivity contribution in [3.05, 3.63) is 60.0 Å². The van der Waals surface area contributed by atoms with Gasteiger partial charge < -0.3 is 30.4 Å². The number of amides is 1. The molecule has 1 fully saturated rings. The number of hydrogen-bond acceptors (Lipinski definition) is 11. The van der Waals surface area contributed by atoms with Crippen LogP contribution in [0, 0.1) is 23.2 Å².